The Kier molecular flexibility index (Phi) is 6.20. The van der Waals surface area contributed by atoms with E-state index in [0.717, 1.165) is 32.4 Å². The quantitative estimate of drug-likeness (QED) is 0.772. The van der Waals surface area contributed by atoms with E-state index in [9.17, 15) is 14.4 Å². The van der Waals surface area contributed by atoms with Crippen molar-refractivity contribution in [2.75, 3.05) is 30.3 Å². The molecular formula is C18H21N5O5. The van der Waals surface area contributed by atoms with E-state index in [1.165, 1.54) is 6.92 Å². The number of hydrogen-bond acceptors (Lipinski definition) is 7. The highest BCUT2D eigenvalue weighted by Crippen LogP contribution is 2.18. The lowest BCUT2D eigenvalue weighted by Crippen LogP contribution is -2.38. The fourth-order valence-corrected chi connectivity index (χ4v) is 2.78. The van der Waals surface area contributed by atoms with Crippen LogP contribution in [0.2, 0.25) is 0 Å². The van der Waals surface area contributed by atoms with Gasteiger partial charge in [-0.1, -0.05) is 0 Å². The molecule has 148 valence electrons. The molecule has 1 saturated heterocycles. The van der Waals surface area contributed by atoms with E-state index >= 15 is 0 Å². The first-order valence-electron chi connectivity index (χ1n) is 8.95. The van der Waals surface area contributed by atoms with Gasteiger partial charge in [-0.15, -0.1) is 0 Å². The van der Waals surface area contributed by atoms with Gasteiger partial charge in [-0.2, -0.15) is 0 Å². The lowest BCUT2D eigenvalue weighted by molar-refractivity contribution is -0.134. The first-order valence-corrected chi connectivity index (χ1v) is 8.95. The van der Waals surface area contributed by atoms with Crippen molar-refractivity contribution in [2.45, 2.75) is 26.2 Å². The number of anilines is 2. The van der Waals surface area contributed by atoms with Gasteiger partial charge in [0.2, 0.25) is 17.5 Å². The lowest BCUT2D eigenvalue weighted by Gasteiger charge is -2.26. The van der Waals surface area contributed by atoms with Crippen molar-refractivity contribution in [3.05, 3.63) is 29.8 Å². The van der Waals surface area contributed by atoms with Crippen LogP contribution in [-0.4, -0.2) is 52.6 Å². The molecule has 10 nitrogen and oxygen atoms in total. The summed E-state index contributed by atoms with van der Waals surface area (Å²) < 4.78 is 10.0. The molecule has 10 heteroatoms. The van der Waals surface area contributed by atoms with Gasteiger partial charge in [-0.3, -0.25) is 14.4 Å². The Morgan fingerprint density at radius 2 is 1.68 bits per heavy atom. The molecule has 0 aliphatic carbocycles. The van der Waals surface area contributed by atoms with E-state index in [4.69, 9.17) is 4.74 Å². The normalized spacial score (nSPS) is 13.7. The van der Waals surface area contributed by atoms with Gasteiger partial charge in [0.05, 0.1) is 0 Å². The van der Waals surface area contributed by atoms with Gasteiger partial charge in [0, 0.05) is 25.6 Å². The topological polar surface area (TPSA) is 127 Å². The maximum Gasteiger partial charge on any atom is 0.260 e. The number of nitrogens with one attached hydrogen (secondary N) is 2. The van der Waals surface area contributed by atoms with Crippen LogP contribution in [0.5, 0.6) is 5.75 Å². The van der Waals surface area contributed by atoms with E-state index in [2.05, 4.69) is 25.6 Å². The van der Waals surface area contributed by atoms with Crippen molar-refractivity contribution in [2.24, 2.45) is 0 Å². The molecule has 28 heavy (non-hydrogen) atoms. The van der Waals surface area contributed by atoms with E-state index in [0.29, 0.717) is 11.3 Å². The number of carbonyl (C=O) groups excluding carboxylic acids is 3. The molecule has 2 heterocycles. The minimum Gasteiger partial charge on any atom is -0.484 e. The van der Waals surface area contributed by atoms with Crippen molar-refractivity contribution < 1.29 is 23.7 Å². The second-order valence-corrected chi connectivity index (χ2v) is 6.35. The van der Waals surface area contributed by atoms with Crippen molar-refractivity contribution >= 4 is 29.4 Å². The van der Waals surface area contributed by atoms with Gasteiger partial charge in [0.15, 0.2) is 6.61 Å². The zero-order valence-corrected chi connectivity index (χ0v) is 15.4. The zero-order chi connectivity index (χ0) is 19.9. The average molecular weight is 387 g/mol. The molecule has 3 rings (SSSR count). The second-order valence-electron chi connectivity index (χ2n) is 6.35. The predicted molar refractivity (Wildman–Crippen MR) is 98.9 cm³/mol. The molecular weight excluding hydrogens is 366 g/mol. The summed E-state index contributed by atoms with van der Waals surface area (Å²) in [6.07, 6.45) is 3.21. The summed E-state index contributed by atoms with van der Waals surface area (Å²) in [5, 5.41) is 12.0. The number of amides is 3. The Balaban J connectivity index is 1.53. The number of nitrogens with zero attached hydrogens (tertiary/aromatic N) is 3. The van der Waals surface area contributed by atoms with Crippen LogP contribution >= 0.6 is 0 Å². The molecule has 0 saturated carbocycles. The molecule has 2 N–H and O–H groups in total. The molecule has 0 atom stereocenters. The molecule has 0 spiro atoms. The Labute approximate surface area is 161 Å². The van der Waals surface area contributed by atoms with Crippen molar-refractivity contribution in [1.82, 2.24) is 15.2 Å². The van der Waals surface area contributed by atoms with Crippen molar-refractivity contribution in [1.29, 1.82) is 0 Å². The highest BCUT2D eigenvalue weighted by Gasteiger charge is 2.18. The summed E-state index contributed by atoms with van der Waals surface area (Å²) in [7, 11) is 0. The third kappa shape index (κ3) is 5.06. The van der Waals surface area contributed by atoms with Crippen LogP contribution in [0.25, 0.3) is 0 Å². The number of ether oxygens (including phenoxy) is 1. The Morgan fingerprint density at radius 3 is 2.32 bits per heavy atom. The predicted octanol–water partition coefficient (Wildman–Crippen LogP) is 1.67. The number of carbonyl (C=O) groups is 3. The van der Waals surface area contributed by atoms with Crippen LogP contribution < -0.4 is 15.4 Å². The first-order chi connectivity index (χ1) is 13.5. The molecule has 0 bridgehead atoms. The van der Waals surface area contributed by atoms with Crippen molar-refractivity contribution in [3.8, 4) is 5.75 Å². The molecule has 1 fully saturated rings. The Morgan fingerprint density at radius 1 is 1.04 bits per heavy atom. The molecule has 3 amide bonds. The largest absolute Gasteiger partial charge is 0.484 e. The standard InChI is InChI=1S/C18H21N5O5/c1-12(24)19-16-17(22-28-21-16)20-18(26)13-5-7-14(8-6-13)27-11-15(25)23-9-3-2-4-10-23/h5-8H,2-4,9-11H2,1H3,(H,19,21,24)(H,20,22,26). The van der Waals surface area contributed by atoms with Crippen LogP contribution in [0.3, 0.4) is 0 Å². The molecule has 1 aliphatic rings. The third-order valence-corrected chi connectivity index (χ3v) is 4.20. The van der Waals surface area contributed by atoms with Gasteiger partial charge in [-0.05, 0) is 53.8 Å². The summed E-state index contributed by atoms with van der Waals surface area (Å²) >= 11 is 0. The second kappa shape index (κ2) is 8.98. The molecule has 1 aromatic heterocycles. The van der Waals surface area contributed by atoms with Crippen LogP contribution in [0.4, 0.5) is 11.6 Å². The highest BCUT2D eigenvalue weighted by molar-refractivity contribution is 6.05. The first kappa shape index (κ1) is 19.3. The Hall–Kier alpha value is -3.43. The lowest BCUT2D eigenvalue weighted by atomic mass is 10.1. The number of piperidine rings is 1. The van der Waals surface area contributed by atoms with E-state index in [1.54, 1.807) is 24.3 Å². The van der Waals surface area contributed by atoms with Crippen LogP contribution in [0, 0.1) is 0 Å². The monoisotopic (exact) mass is 387 g/mol. The minimum absolute atomic E-state index is 0.00709. The number of hydrogen-bond donors (Lipinski definition) is 2. The van der Waals surface area contributed by atoms with Gasteiger partial charge < -0.3 is 20.3 Å². The van der Waals surface area contributed by atoms with Crippen LogP contribution in [-0.2, 0) is 9.59 Å². The molecule has 0 radical (unpaired) electrons. The summed E-state index contributed by atoms with van der Waals surface area (Å²) in [4.78, 5) is 37.3. The third-order valence-electron chi connectivity index (χ3n) is 4.20. The zero-order valence-electron chi connectivity index (χ0n) is 15.4. The SMILES string of the molecule is CC(=O)Nc1nonc1NC(=O)c1ccc(OCC(=O)N2CCCCC2)cc1. The Bertz CT molecular complexity index is 842. The minimum atomic E-state index is -0.460. The molecule has 0 unspecified atom stereocenters. The molecule has 2 aromatic rings. The van der Waals surface area contributed by atoms with Gasteiger partial charge in [-0.25, -0.2) is 4.63 Å². The number of benzene rings is 1. The fourth-order valence-electron chi connectivity index (χ4n) is 2.78. The smallest absolute Gasteiger partial charge is 0.260 e. The number of likely N-dealkylation sites (tertiary alicyclic amines) is 1. The summed E-state index contributed by atoms with van der Waals surface area (Å²) in [6, 6.07) is 6.32. The van der Waals surface area contributed by atoms with Gasteiger partial charge in [0.1, 0.15) is 5.75 Å². The summed E-state index contributed by atoms with van der Waals surface area (Å²) in [5.41, 5.74) is 0.339. The van der Waals surface area contributed by atoms with E-state index in [-0.39, 0.29) is 30.1 Å². The average Bonchev–Trinajstić information content (AvgIpc) is 3.13. The highest BCUT2D eigenvalue weighted by atomic mass is 16.6. The summed E-state index contributed by atoms with van der Waals surface area (Å²) in [5.74, 6) is -0.343. The molecule has 1 aromatic carbocycles. The maximum absolute atomic E-state index is 12.3. The van der Waals surface area contributed by atoms with Gasteiger partial charge in [0.25, 0.3) is 11.8 Å². The number of rotatable bonds is 6. The van der Waals surface area contributed by atoms with E-state index in [1.807, 2.05) is 4.90 Å². The molecule has 1 aliphatic heterocycles. The van der Waals surface area contributed by atoms with E-state index < -0.39 is 5.91 Å². The van der Waals surface area contributed by atoms with Crippen molar-refractivity contribution in [3.63, 3.8) is 0 Å². The summed E-state index contributed by atoms with van der Waals surface area (Å²) in [6.45, 7) is 2.82. The number of aromatic nitrogens is 2. The van der Waals surface area contributed by atoms with Crippen LogP contribution in [0.1, 0.15) is 36.5 Å². The van der Waals surface area contributed by atoms with Crippen LogP contribution in [0.15, 0.2) is 28.9 Å². The van der Waals surface area contributed by atoms with Gasteiger partial charge >= 0.3 is 0 Å². The maximum atomic E-state index is 12.3. The fraction of sp³-hybridized carbons (Fsp3) is 0.389.